The molecule has 0 aliphatic heterocycles. The molecular formula is C12H14ClN3. The van der Waals surface area contributed by atoms with Crippen molar-refractivity contribution in [3.05, 3.63) is 40.7 Å². The van der Waals surface area contributed by atoms with Crippen molar-refractivity contribution < 1.29 is 0 Å². The van der Waals surface area contributed by atoms with Crippen LogP contribution in [0.5, 0.6) is 0 Å². The summed E-state index contributed by atoms with van der Waals surface area (Å²) in [6.07, 6.45) is 0. The molecule has 0 unspecified atom stereocenters. The molecule has 1 N–H and O–H groups in total. The Morgan fingerprint density at radius 2 is 2.06 bits per heavy atom. The maximum atomic E-state index is 5.94. The molecule has 0 saturated carbocycles. The summed E-state index contributed by atoms with van der Waals surface area (Å²) in [6, 6.07) is 7.66. The van der Waals surface area contributed by atoms with Gasteiger partial charge in [0.15, 0.2) is 0 Å². The van der Waals surface area contributed by atoms with E-state index in [1.54, 1.807) is 0 Å². The Morgan fingerprint density at radius 3 is 2.62 bits per heavy atom. The van der Waals surface area contributed by atoms with Gasteiger partial charge in [0, 0.05) is 17.8 Å². The van der Waals surface area contributed by atoms with Crippen LogP contribution in [-0.4, -0.2) is 9.78 Å². The number of nitrogens with one attached hydrogen (secondary N) is 1. The molecule has 16 heavy (non-hydrogen) atoms. The van der Waals surface area contributed by atoms with Crippen LogP contribution in [0, 0.1) is 13.8 Å². The van der Waals surface area contributed by atoms with Crippen molar-refractivity contribution in [3.8, 4) is 0 Å². The van der Waals surface area contributed by atoms with Crippen LogP contribution in [0.15, 0.2) is 24.3 Å². The lowest BCUT2D eigenvalue weighted by atomic mass is 10.2. The highest BCUT2D eigenvalue weighted by Gasteiger charge is 2.08. The number of rotatable bonds is 2. The molecule has 0 atom stereocenters. The molecule has 1 aromatic heterocycles. The topological polar surface area (TPSA) is 29.9 Å². The first kappa shape index (κ1) is 11.0. The van der Waals surface area contributed by atoms with Crippen LogP contribution in [0.25, 0.3) is 0 Å². The Morgan fingerprint density at radius 1 is 1.31 bits per heavy atom. The number of halogens is 1. The first-order valence-electron chi connectivity index (χ1n) is 5.10. The summed E-state index contributed by atoms with van der Waals surface area (Å²) in [5, 5.41) is 8.41. The molecule has 0 bridgehead atoms. The first-order valence-corrected chi connectivity index (χ1v) is 5.48. The van der Waals surface area contributed by atoms with Crippen LogP contribution >= 0.6 is 11.6 Å². The van der Waals surface area contributed by atoms with Gasteiger partial charge in [-0.1, -0.05) is 17.7 Å². The van der Waals surface area contributed by atoms with E-state index >= 15 is 0 Å². The normalized spacial score (nSPS) is 10.5. The quantitative estimate of drug-likeness (QED) is 0.864. The van der Waals surface area contributed by atoms with Crippen molar-refractivity contribution in [2.24, 2.45) is 7.05 Å². The van der Waals surface area contributed by atoms with Crippen LogP contribution in [0.1, 0.15) is 11.4 Å². The van der Waals surface area contributed by atoms with E-state index in [2.05, 4.69) is 10.4 Å². The second-order valence-electron chi connectivity index (χ2n) is 3.80. The van der Waals surface area contributed by atoms with Crippen LogP contribution in [0.2, 0.25) is 5.02 Å². The van der Waals surface area contributed by atoms with Gasteiger partial charge in [0.2, 0.25) is 0 Å². The highest BCUT2D eigenvalue weighted by Crippen LogP contribution is 2.24. The molecule has 0 radical (unpaired) electrons. The summed E-state index contributed by atoms with van der Waals surface area (Å²) < 4.78 is 1.86. The average Bonchev–Trinajstić information content (AvgIpc) is 2.45. The van der Waals surface area contributed by atoms with Gasteiger partial charge < -0.3 is 5.32 Å². The van der Waals surface area contributed by atoms with E-state index in [1.807, 2.05) is 49.8 Å². The molecule has 0 spiro atoms. The van der Waals surface area contributed by atoms with Gasteiger partial charge in [-0.15, -0.1) is 0 Å². The lowest BCUT2D eigenvalue weighted by molar-refractivity contribution is 0.731. The van der Waals surface area contributed by atoms with E-state index < -0.39 is 0 Å². The average molecular weight is 236 g/mol. The molecule has 1 heterocycles. The molecule has 0 aliphatic carbocycles. The van der Waals surface area contributed by atoms with Crippen molar-refractivity contribution in [2.75, 3.05) is 5.32 Å². The number of aromatic nitrogens is 2. The van der Waals surface area contributed by atoms with E-state index in [0.29, 0.717) is 0 Å². The summed E-state index contributed by atoms with van der Waals surface area (Å²) >= 11 is 5.94. The summed E-state index contributed by atoms with van der Waals surface area (Å²) in [4.78, 5) is 0. The molecule has 0 amide bonds. The van der Waals surface area contributed by atoms with Gasteiger partial charge in [-0.25, -0.2) is 0 Å². The van der Waals surface area contributed by atoms with Crippen molar-refractivity contribution >= 4 is 23.0 Å². The zero-order chi connectivity index (χ0) is 11.7. The first-order chi connectivity index (χ1) is 7.58. The lowest BCUT2D eigenvalue weighted by Crippen LogP contribution is -1.95. The summed E-state index contributed by atoms with van der Waals surface area (Å²) in [7, 11) is 1.94. The smallest absolute Gasteiger partial charge is 0.0831 e. The molecule has 0 fully saturated rings. The number of hydrogen-bond donors (Lipinski definition) is 1. The molecule has 0 aliphatic rings. The second kappa shape index (κ2) is 4.18. The number of anilines is 2. The molecule has 3 nitrogen and oxygen atoms in total. The van der Waals surface area contributed by atoms with E-state index in [0.717, 1.165) is 27.8 Å². The Kier molecular flexibility index (Phi) is 2.88. The SMILES string of the molecule is Cc1nn(C)c(C)c1Nc1cccc(Cl)c1. The van der Waals surface area contributed by atoms with Gasteiger partial charge >= 0.3 is 0 Å². The third-order valence-corrected chi connectivity index (χ3v) is 2.84. The molecule has 0 saturated heterocycles. The summed E-state index contributed by atoms with van der Waals surface area (Å²) in [6.45, 7) is 4.02. The number of nitrogens with zero attached hydrogens (tertiary/aromatic N) is 2. The minimum absolute atomic E-state index is 0.726. The third kappa shape index (κ3) is 2.04. The van der Waals surface area contributed by atoms with Crippen molar-refractivity contribution in [2.45, 2.75) is 13.8 Å². The van der Waals surface area contributed by atoms with Crippen molar-refractivity contribution in [1.29, 1.82) is 0 Å². The van der Waals surface area contributed by atoms with Crippen LogP contribution < -0.4 is 5.32 Å². The number of aryl methyl sites for hydroxylation is 2. The van der Waals surface area contributed by atoms with Crippen LogP contribution in [0.3, 0.4) is 0 Å². The Bertz CT molecular complexity index is 517. The molecule has 2 rings (SSSR count). The second-order valence-corrected chi connectivity index (χ2v) is 4.24. The van der Waals surface area contributed by atoms with Gasteiger partial charge in [0.1, 0.15) is 0 Å². The Balaban J connectivity index is 2.34. The van der Waals surface area contributed by atoms with Crippen LogP contribution in [0.4, 0.5) is 11.4 Å². The standard InChI is InChI=1S/C12H14ClN3/c1-8-12(9(2)16(3)15-8)14-11-6-4-5-10(13)7-11/h4-7,14H,1-3H3. The van der Waals surface area contributed by atoms with Crippen molar-refractivity contribution in [3.63, 3.8) is 0 Å². The predicted molar refractivity (Wildman–Crippen MR) is 67.4 cm³/mol. The van der Waals surface area contributed by atoms with E-state index in [1.165, 1.54) is 0 Å². The lowest BCUT2D eigenvalue weighted by Gasteiger charge is -2.06. The largest absolute Gasteiger partial charge is 0.352 e. The molecule has 84 valence electrons. The fourth-order valence-corrected chi connectivity index (χ4v) is 1.86. The number of benzene rings is 1. The Labute approximate surface area is 100 Å². The zero-order valence-electron chi connectivity index (χ0n) is 9.58. The third-order valence-electron chi connectivity index (χ3n) is 2.60. The molecule has 1 aromatic carbocycles. The molecule has 2 aromatic rings. The van der Waals surface area contributed by atoms with Gasteiger partial charge in [-0.3, -0.25) is 4.68 Å². The van der Waals surface area contributed by atoms with E-state index in [4.69, 9.17) is 11.6 Å². The minimum Gasteiger partial charge on any atom is -0.352 e. The van der Waals surface area contributed by atoms with Crippen LogP contribution in [-0.2, 0) is 7.05 Å². The van der Waals surface area contributed by atoms with E-state index in [9.17, 15) is 0 Å². The zero-order valence-corrected chi connectivity index (χ0v) is 10.3. The van der Waals surface area contributed by atoms with Gasteiger partial charge in [0.05, 0.1) is 17.1 Å². The monoisotopic (exact) mass is 235 g/mol. The highest BCUT2D eigenvalue weighted by molar-refractivity contribution is 6.30. The fourth-order valence-electron chi connectivity index (χ4n) is 1.67. The maximum absolute atomic E-state index is 5.94. The summed E-state index contributed by atoms with van der Waals surface area (Å²) in [5.41, 5.74) is 4.12. The number of hydrogen-bond acceptors (Lipinski definition) is 2. The predicted octanol–water partition coefficient (Wildman–Crippen LogP) is 3.43. The van der Waals surface area contributed by atoms with Gasteiger partial charge in [-0.05, 0) is 32.0 Å². The Hall–Kier alpha value is -1.48. The van der Waals surface area contributed by atoms with Gasteiger partial charge in [-0.2, -0.15) is 5.10 Å². The molecular weight excluding hydrogens is 222 g/mol. The van der Waals surface area contributed by atoms with Crippen molar-refractivity contribution in [1.82, 2.24) is 9.78 Å². The van der Waals surface area contributed by atoms with Gasteiger partial charge in [0.25, 0.3) is 0 Å². The maximum Gasteiger partial charge on any atom is 0.0831 e. The highest BCUT2D eigenvalue weighted by atomic mass is 35.5. The van der Waals surface area contributed by atoms with E-state index in [-0.39, 0.29) is 0 Å². The minimum atomic E-state index is 0.726. The summed E-state index contributed by atoms with van der Waals surface area (Å²) in [5.74, 6) is 0. The molecule has 4 heteroatoms. The fraction of sp³-hybridized carbons (Fsp3) is 0.250.